The number of carbonyl (C=O) groups is 2. The van der Waals surface area contributed by atoms with Gasteiger partial charge >= 0.3 is 5.97 Å². The first-order chi connectivity index (χ1) is 12.7. The average Bonchev–Trinajstić information content (AvgIpc) is 2.99. The van der Waals surface area contributed by atoms with E-state index in [4.69, 9.17) is 9.47 Å². The fourth-order valence-electron chi connectivity index (χ4n) is 2.87. The highest BCUT2D eigenvalue weighted by Crippen LogP contribution is 2.20. The molecule has 2 atom stereocenters. The van der Waals surface area contributed by atoms with E-state index in [2.05, 4.69) is 0 Å². The van der Waals surface area contributed by atoms with Crippen LogP contribution in [-0.2, 0) is 24.2 Å². The summed E-state index contributed by atoms with van der Waals surface area (Å²) in [7, 11) is -1.56. The van der Waals surface area contributed by atoms with Gasteiger partial charge in [-0.15, -0.1) is 0 Å². The summed E-state index contributed by atoms with van der Waals surface area (Å²) in [6.07, 6.45) is 2.20. The Hall–Kier alpha value is -2.35. The summed E-state index contributed by atoms with van der Waals surface area (Å²) in [5.74, 6) is -0.409. The van der Waals surface area contributed by atoms with Crippen molar-refractivity contribution in [3.05, 3.63) is 35.9 Å². The fourth-order valence-corrected chi connectivity index (χ4v) is 4.65. The van der Waals surface area contributed by atoms with Crippen LogP contribution in [0.25, 0.3) is 6.08 Å². The number of likely N-dealkylation sites (N-methyl/N-ethyl adjacent to an activating group) is 1. The van der Waals surface area contributed by atoms with Crippen LogP contribution in [0.15, 0.2) is 30.3 Å². The van der Waals surface area contributed by atoms with Crippen LogP contribution in [0.5, 0.6) is 5.75 Å². The number of carbonyl (C=O) groups excluding carboxylic acids is 2. The molecule has 0 aromatic heterocycles. The normalized spacial score (nSPS) is 19.6. The van der Waals surface area contributed by atoms with Crippen molar-refractivity contribution in [3.63, 3.8) is 0 Å². The van der Waals surface area contributed by atoms with Crippen molar-refractivity contribution >= 4 is 27.8 Å². The van der Waals surface area contributed by atoms with Crippen molar-refractivity contribution in [1.29, 1.82) is 0 Å². The smallest absolute Gasteiger partial charge is 0.331 e. The Morgan fingerprint density at radius 1 is 1.33 bits per heavy atom. The predicted molar refractivity (Wildman–Crippen MR) is 102 cm³/mol. The molecule has 0 saturated carbocycles. The lowest BCUT2D eigenvalue weighted by Crippen LogP contribution is -2.44. The minimum absolute atomic E-state index is 0.0516. The van der Waals surface area contributed by atoms with E-state index in [0.29, 0.717) is 18.8 Å². The van der Waals surface area contributed by atoms with Gasteiger partial charge < -0.3 is 14.4 Å². The zero-order valence-electron chi connectivity index (χ0n) is 15.8. The molecule has 1 amide bonds. The van der Waals surface area contributed by atoms with Gasteiger partial charge in [0, 0.05) is 24.7 Å². The van der Waals surface area contributed by atoms with Crippen LogP contribution in [0.1, 0.15) is 25.8 Å². The summed E-state index contributed by atoms with van der Waals surface area (Å²) in [5.41, 5.74) is 0.726. The zero-order valence-corrected chi connectivity index (χ0v) is 16.6. The van der Waals surface area contributed by atoms with Crippen LogP contribution in [0.4, 0.5) is 0 Å². The summed E-state index contributed by atoms with van der Waals surface area (Å²) in [5, 5.41) is 0. The third-order valence-electron chi connectivity index (χ3n) is 4.36. The van der Waals surface area contributed by atoms with E-state index in [0.717, 1.165) is 5.56 Å². The number of nitrogens with zero attached hydrogens (tertiary/aromatic N) is 1. The highest BCUT2D eigenvalue weighted by atomic mass is 32.2. The molecule has 148 valence electrons. The fraction of sp³-hybridized carbons (Fsp3) is 0.474. The highest BCUT2D eigenvalue weighted by Gasteiger charge is 2.34. The van der Waals surface area contributed by atoms with Crippen LogP contribution in [0, 0.1) is 0 Å². The van der Waals surface area contributed by atoms with E-state index in [1.807, 2.05) is 19.1 Å². The maximum absolute atomic E-state index is 12.4. The first-order valence-electron chi connectivity index (χ1n) is 8.81. The zero-order chi connectivity index (χ0) is 20.0. The molecule has 1 fully saturated rings. The van der Waals surface area contributed by atoms with E-state index in [9.17, 15) is 18.0 Å². The first-order valence-corrected chi connectivity index (χ1v) is 10.6. The van der Waals surface area contributed by atoms with Crippen LogP contribution in [0.3, 0.4) is 0 Å². The molecule has 1 aliphatic heterocycles. The van der Waals surface area contributed by atoms with Gasteiger partial charge in [0.25, 0.3) is 5.91 Å². The number of amides is 1. The maximum Gasteiger partial charge on any atom is 0.331 e. The molecule has 27 heavy (non-hydrogen) atoms. The van der Waals surface area contributed by atoms with Crippen molar-refractivity contribution in [2.75, 3.05) is 25.2 Å². The summed E-state index contributed by atoms with van der Waals surface area (Å²) < 4.78 is 33.8. The second kappa shape index (κ2) is 9.03. The summed E-state index contributed by atoms with van der Waals surface area (Å²) in [6, 6.07) is 6.88. The number of sulfone groups is 1. The number of ether oxygens (including phenoxy) is 2. The Morgan fingerprint density at radius 2 is 2.04 bits per heavy atom. The first kappa shape index (κ1) is 21.0. The van der Waals surface area contributed by atoms with Gasteiger partial charge in [0.15, 0.2) is 15.9 Å². The van der Waals surface area contributed by atoms with Gasteiger partial charge in [-0.1, -0.05) is 18.2 Å². The number of hydrogen-bond donors (Lipinski definition) is 0. The molecule has 1 aromatic carbocycles. The molecule has 0 unspecified atom stereocenters. The van der Waals surface area contributed by atoms with Gasteiger partial charge in [0.1, 0.15) is 5.75 Å². The van der Waals surface area contributed by atoms with E-state index < -0.39 is 27.8 Å². The molecule has 7 nitrogen and oxygen atoms in total. The van der Waals surface area contributed by atoms with Crippen molar-refractivity contribution in [3.8, 4) is 5.75 Å². The number of rotatable bonds is 7. The van der Waals surface area contributed by atoms with Gasteiger partial charge in [0.05, 0.1) is 18.1 Å². The Kier molecular flexibility index (Phi) is 7.01. The van der Waals surface area contributed by atoms with Gasteiger partial charge in [-0.25, -0.2) is 13.2 Å². The van der Waals surface area contributed by atoms with E-state index in [-0.39, 0.29) is 17.5 Å². The number of esters is 1. The monoisotopic (exact) mass is 395 g/mol. The molecular formula is C19H25NO6S. The van der Waals surface area contributed by atoms with Crippen molar-refractivity contribution < 1.29 is 27.5 Å². The van der Waals surface area contributed by atoms with E-state index in [1.54, 1.807) is 18.2 Å². The van der Waals surface area contributed by atoms with Gasteiger partial charge in [0.2, 0.25) is 0 Å². The molecule has 0 aliphatic carbocycles. The Labute approximate surface area is 159 Å². The standard InChI is InChI=1S/C19H25NO6S/c1-4-25-17-8-6-5-7-15(17)9-10-18(21)26-14(2)19(22)20(3)16-11-12-27(23,24)13-16/h5-10,14,16H,4,11-13H2,1-3H3/b10-9+/t14-,16-/m1/s1. The van der Waals surface area contributed by atoms with Crippen molar-refractivity contribution in [1.82, 2.24) is 4.90 Å². The van der Waals surface area contributed by atoms with Crippen molar-refractivity contribution in [2.24, 2.45) is 0 Å². The average molecular weight is 395 g/mol. The third-order valence-corrected chi connectivity index (χ3v) is 6.11. The van der Waals surface area contributed by atoms with Crippen LogP contribution >= 0.6 is 0 Å². The van der Waals surface area contributed by atoms with Crippen molar-refractivity contribution in [2.45, 2.75) is 32.4 Å². The molecule has 1 saturated heterocycles. The Bertz CT molecular complexity index is 817. The van der Waals surface area contributed by atoms with Crippen LogP contribution in [-0.4, -0.2) is 62.5 Å². The number of benzene rings is 1. The number of hydrogen-bond acceptors (Lipinski definition) is 6. The van der Waals surface area contributed by atoms with Crippen LogP contribution < -0.4 is 4.74 Å². The quantitative estimate of drug-likeness (QED) is 0.515. The maximum atomic E-state index is 12.4. The lowest BCUT2D eigenvalue weighted by atomic mass is 10.2. The molecule has 1 aromatic rings. The second-order valence-electron chi connectivity index (χ2n) is 6.39. The van der Waals surface area contributed by atoms with Gasteiger partial charge in [-0.2, -0.15) is 0 Å². The third kappa shape index (κ3) is 5.82. The minimum atomic E-state index is -3.10. The topological polar surface area (TPSA) is 90.0 Å². The van der Waals surface area contributed by atoms with Gasteiger partial charge in [-0.3, -0.25) is 4.79 Å². The molecule has 0 radical (unpaired) electrons. The Balaban J connectivity index is 1.94. The molecule has 1 aliphatic rings. The summed E-state index contributed by atoms with van der Waals surface area (Å²) in [6.45, 7) is 3.85. The molecule has 0 N–H and O–H groups in total. The molecule has 2 rings (SSSR count). The van der Waals surface area contributed by atoms with E-state index >= 15 is 0 Å². The predicted octanol–water partition coefficient (Wildman–Crippen LogP) is 1.68. The summed E-state index contributed by atoms with van der Waals surface area (Å²) in [4.78, 5) is 25.8. The molecule has 8 heteroatoms. The molecule has 0 spiro atoms. The lowest BCUT2D eigenvalue weighted by molar-refractivity contribution is -0.155. The largest absolute Gasteiger partial charge is 0.493 e. The Morgan fingerprint density at radius 3 is 2.67 bits per heavy atom. The number of para-hydroxylation sites is 1. The van der Waals surface area contributed by atoms with E-state index in [1.165, 1.54) is 24.9 Å². The minimum Gasteiger partial charge on any atom is -0.493 e. The van der Waals surface area contributed by atoms with Gasteiger partial charge in [-0.05, 0) is 32.4 Å². The van der Waals surface area contributed by atoms with Crippen LogP contribution in [0.2, 0.25) is 0 Å². The molecular weight excluding hydrogens is 370 g/mol. The summed E-state index contributed by atoms with van der Waals surface area (Å²) >= 11 is 0. The molecule has 1 heterocycles. The SMILES string of the molecule is CCOc1ccccc1/C=C/C(=O)O[C@H](C)C(=O)N(C)[C@@H]1CCS(=O)(=O)C1. The highest BCUT2D eigenvalue weighted by molar-refractivity contribution is 7.91. The second-order valence-corrected chi connectivity index (χ2v) is 8.62. The molecule has 0 bridgehead atoms. The lowest BCUT2D eigenvalue weighted by Gasteiger charge is -2.26.